The molecule has 0 aliphatic heterocycles. The summed E-state index contributed by atoms with van der Waals surface area (Å²) in [6.07, 6.45) is 5.63. The van der Waals surface area contributed by atoms with E-state index < -0.39 is 6.04 Å². The van der Waals surface area contributed by atoms with Gasteiger partial charge in [-0.2, -0.15) is 0 Å². The van der Waals surface area contributed by atoms with Gasteiger partial charge in [0.05, 0.1) is 18.1 Å². The van der Waals surface area contributed by atoms with Crippen LogP contribution in [0.3, 0.4) is 0 Å². The summed E-state index contributed by atoms with van der Waals surface area (Å²) in [4.78, 5) is 15.8. The molecule has 0 saturated carbocycles. The Morgan fingerprint density at radius 3 is 2.78 bits per heavy atom. The van der Waals surface area contributed by atoms with Gasteiger partial charge in [0, 0.05) is 18.9 Å². The largest absolute Gasteiger partial charge is 0.351 e. The molecule has 2 aromatic rings. The van der Waals surface area contributed by atoms with Gasteiger partial charge in [0.25, 0.3) is 0 Å². The summed E-state index contributed by atoms with van der Waals surface area (Å²) >= 11 is 0. The molecule has 0 fully saturated rings. The molecule has 7 heteroatoms. The number of benzene rings is 1. The van der Waals surface area contributed by atoms with Crippen LogP contribution in [-0.4, -0.2) is 21.5 Å². The summed E-state index contributed by atoms with van der Waals surface area (Å²) in [6.45, 7) is 4.18. The molecule has 23 heavy (non-hydrogen) atoms. The van der Waals surface area contributed by atoms with Gasteiger partial charge in [-0.15, -0.1) is 12.4 Å². The molecule has 2 unspecified atom stereocenters. The Morgan fingerprint density at radius 2 is 2.22 bits per heavy atom. The third kappa shape index (κ3) is 4.77. The molecule has 0 aliphatic carbocycles. The van der Waals surface area contributed by atoms with Crippen molar-refractivity contribution in [3.05, 3.63) is 48.3 Å². The normalized spacial score (nSPS) is 13.0. The Bertz CT molecular complexity index is 633. The lowest BCUT2D eigenvalue weighted by Crippen LogP contribution is -2.44. The smallest absolute Gasteiger partial charge is 0.237 e. The number of nitrogens with two attached hydrogens (primary N) is 1. The van der Waals surface area contributed by atoms with E-state index in [-0.39, 0.29) is 36.6 Å². The average molecular weight is 341 g/mol. The molecule has 126 valence electrons. The van der Waals surface area contributed by atoms with Crippen LogP contribution in [0.4, 0.5) is 4.39 Å². The first kappa shape index (κ1) is 19.1. The molecule has 0 saturated heterocycles. The minimum Gasteiger partial charge on any atom is -0.351 e. The van der Waals surface area contributed by atoms with Crippen molar-refractivity contribution in [1.82, 2.24) is 14.9 Å². The van der Waals surface area contributed by atoms with Crippen molar-refractivity contribution in [3.63, 3.8) is 0 Å². The lowest BCUT2D eigenvalue weighted by molar-refractivity contribution is -0.123. The van der Waals surface area contributed by atoms with Crippen molar-refractivity contribution in [2.24, 2.45) is 11.7 Å². The number of nitrogens with zero attached hydrogens (tertiary/aromatic N) is 2. The van der Waals surface area contributed by atoms with Crippen molar-refractivity contribution < 1.29 is 9.18 Å². The highest BCUT2D eigenvalue weighted by Gasteiger charge is 2.19. The summed E-state index contributed by atoms with van der Waals surface area (Å²) in [5, 5.41) is 2.75. The van der Waals surface area contributed by atoms with E-state index in [1.54, 1.807) is 29.1 Å². The van der Waals surface area contributed by atoms with E-state index >= 15 is 0 Å². The number of carbonyl (C=O) groups is 1. The van der Waals surface area contributed by atoms with E-state index in [1.807, 2.05) is 13.8 Å². The average Bonchev–Trinajstić information content (AvgIpc) is 3.05. The molecule has 0 aliphatic rings. The summed E-state index contributed by atoms with van der Waals surface area (Å²) in [7, 11) is 0. The highest BCUT2D eigenvalue weighted by Crippen LogP contribution is 2.15. The van der Waals surface area contributed by atoms with E-state index in [9.17, 15) is 9.18 Å². The van der Waals surface area contributed by atoms with Crippen LogP contribution < -0.4 is 11.1 Å². The predicted molar refractivity (Wildman–Crippen MR) is 90.0 cm³/mol. The molecule has 0 bridgehead atoms. The fourth-order valence-electron chi connectivity index (χ4n) is 2.09. The molecule has 1 heterocycles. The summed E-state index contributed by atoms with van der Waals surface area (Å²) in [5.41, 5.74) is 6.96. The van der Waals surface area contributed by atoms with E-state index in [0.29, 0.717) is 11.3 Å². The van der Waals surface area contributed by atoms with E-state index in [2.05, 4.69) is 10.3 Å². The van der Waals surface area contributed by atoms with Gasteiger partial charge in [0.1, 0.15) is 5.82 Å². The van der Waals surface area contributed by atoms with Crippen LogP contribution in [0.5, 0.6) is 0 Å². The number of imidazole rings is 1. The Balaban J connectivity index is 0.00000264. The third-order valence-electron chi connectivity index (χ3n) is 3.82. The van der Waals surface area contributed by atoms with E-state index in [4.69, 9.17) is 5.73 Å². The number of nitrogens with one attached hydrogen (secondary N) is 1. The van der Waals surface area contributed by atoms with Crippen LogP contribution in [0.15, 0.2) is 36.9 Å². The van der Waals surface area contributed by atoms with Crippen molar-refractivity contribution >= 4 is 18.3 Å². The van der Waals surface area contributed by atoms with Gasteiger partial charge in [-0.3, -0.25) is 4.79 Å². The first-order chi connectivity index (χ1) is 10.5. The molecule has 1 amide bonds. The zero-order chi connectivity index (χ0) is 16.1. The molecular formula is C16H22ClFN4O. The molecule has 2 rings (SSSR count). The lowest BCUT2D eigenvalue weighted by atomic mass is 9.99. The molecule has 0 radical (unpaired) electrons. The van der Waals surface area contributed by atoms with Crippen LogP contribution in [0, 0.1) is 11.7 Å². The van der Waals surface area contributed by atoms with Crippen molar-refractivity contribution in [1.29, 1.82) is 0 Å². The minimum atomic E-state index is -0.542. The van der Waals surface area contributed by atoms with Crippen LogP contribution in [0.2, 0.25) is 0 Å². The first-order valence-corrected chi connectivity index (χ1v) is 7.33. The molecule has 5 nitrogen and oxygen atoms in total. The highest BCUT2D eigenvalue weighted by atomic mass is 35.5. The second-order valence-electron chi connectivity index (χ2n) is 5.38. The zero-order valence-electron chi connectivity index (χ0n) is 13.2. The maximum atomic E-state index is 14.1. The second kappa shape index (κ2) is 8.64. The standard InChI is InChI=1S/C16H21FN4O.ClH/c1-3-11(2)15(18)16(22)20-9-12-4-5-14(13(17)8-12)21-7-6-19-10-21;/h4-8,10-11,15H,3,9,18H2,1-2H3,(H,20,22);1H. The van der Waals surface area contributed by atoms with Gasteiger partial charge in [-0.1, -0.05) is 26.3 Å². The maximum absolute atomic E-state index is 14.1. The van der Waals surface area contributed by atoms with Crippen molar-refractivity contribution in [3.8, 4) is 5.69 Å². The van der Waals surface area contributed by atoms with Crippen molar-refractivity contribution in [2.45, 2.75) is 32.9 Å². The zero-order valence-corrected chi connectivity index (χ0v) is 14.0. The predicted octanol–water partition coefficient (Wildman–Crippen LogP) is 2.42. The van der Waals surface area contributed by atoms with Gasteiger partial charge in [0.15, 0.2) is 0 Å². The van der Waals surface area contributed by atoms with E-state index in [0.717, 1.165) is 6.42 Å². The monoisotopic (exact) mass is 340 g/mol. The quantitative estimate of drug-likeness (QED) is 0.848. The van der Waals surface area contributed by atoms with Crippen LogP contribution in [-0.2, 0) is 11.3 Å². The number of rotatable bonds is 6. The Hall–Kier alpha value is -1.92. The topological polar surface area (TPSA) is 72.9 Å². The molecule has 1 aromatic carbocycles. The number of halogens is 2. The van der Waals surface area contributed by atoms with Gasteiger partial charge in [0.2, 0.25) is 5.91 Å². The van der Waals surface area contributed by atoms with Crippen LogP contribution in [0.1, 0.15) is 25.8 Å². The van der Waals surface area contributed by atoms with Crippen molar-refractivity contribution in [2.75, 3.05) is 0 Å². The van der Waals surface area contributed by atoms with Crippen LogP contribution >= 0.6 is 12.4 Å². The lowest BCUT2D eigenvalue weighted by Gasteiger charge is -2.17. The van der Waals surface area contributed by atoms with Gasteiger partial charge < -0.3 is 15.6 Å². The van der Waals surface area contributed by atoms with Gasteiger partial charge in [-0.05, 0) is 23.6 Å². The third-order valence-corrected chi connectivity index (χ3v) is 3.82. The fourth-order valence-corrected chi connectivity index (χ4v) is 2.09. The van der Waals surface area contributed by atoms with Gasteiger partial charge >= 0.3 is 0 Å². The minimum absolute atomic E-state index is 0. The maximum Gasteiger partial charge on any atom is 0.237 e. The second-order valence-corrected chi connectivity index (χ2v) is 5.38. The number of hydrogen-bond donors (Lipinski definition) is 2. The number of amides is 1. The first-order valence-electron chi connectivity index (χ1n) is 7.33. The Labute approximate surface area is 141 Å². The Morgan fingerprint density at radius 1 is 1.48 bits per heavy atom. The molecule has 2 atom stereocenters. The SMILES string of the molecule is CCC(C)C(N)C(=O)NCc1ccc(-n2ccnc2)c(F)c1.Cl. The summed E-state index contributed by atoms with van der Waals surface area (Å²) < 4.78 is 15.7. The number of hydrogen-bond acceptors (Lipinski definition) is 3. The fraction of sp³-hybridized carbons (Fsp3) is 0.375. The highest BCUT2D eigenvalue weighted by molar-refractivity contribution is 5.85. The van der Waals surface area contributed by atoms with Crippen LogP contribution in [0.25, 0.3) is 5.69 Å². The van der Waals surface area contributed by atoms with Gasteiger partial charge in [-0.25, -0.2) is 9.37 Å². The van der Waals surface area contributed by atoms with E-state index in [1.165, 1.54) is 12.4 Å². The molecular weight excluding hydrogens is 319 g/mol. The molecule has 3 N–H and O–H groups in total. The summed E-state index contributed by atoms with van der Waals surface area (Å²) in [6, 6.07) is 4.30. The summed E-state index contributed by atoms with van der Waals surface area (Å²) in [5.74, 6) is -0.468. The number of carbonyl (C=O) groups excluding carboxylic acids is 1. The molecule has 0 spiro atoms. The number of aromatic nitrogens is 2. The molecule has 1 aromatic heterocycles. The Kier molecular flexibility index (Phi) is 7.19.